The van der Waals surface area contributed by atoms with Crippen molar-refractivity contribution >= 4 is 22.8 Å². The number of aromatic nitrogens is 2. The molecule has 0 saturated heterocycles. The van der Waals surface area contributed by atoms with Gasteiger partial charge in [0.05, 0.1) is 45.5 Å². The van der Waals surface area contributed by atoms with Crippen LogP contribution in [0, 0.1) is 0 Å². The molecule has 0 saturated carbocycles. The van der Waals surface area contributed by atoms with Gasteiger partial charge >= 0.3 is 0 Å². The Morgan fingerprint density at radius 1 is 1.00 bits per heavy atom. The molecule has 0 spiro atoms. The fourth-order valence-electron chi connectivity index (χ4n) is 2.81. The number of benzene rings is 2. The molecule has 0 fully saturated rings. The molecule has 0 atom stereocenters. The smallest absolute Gasteiger partial charge is 0.251 e. The fourth-order valence-corrected chi connectivity index (χ4v) is 2.81. The SMILES string of the molecule is COc1cc(C(=O)NCC(=O)NCc2nc3ccccc3[nH]2)cc(OC)c1OC. The normalized spacial score (nSPS) is 10.4. The van der Waals surface area contributed by atoms with E-state index in [9.17, 15) is 9.59 Å². The van der Waals surface area contributed by atoms with Gasteiger partial charge in [0.2, 0.25) is 11.7 Å². The second-order valence-electron chi connectivity index (χ2n) is 6.07. The van der Waals surface area contributed by atoms with Gasteiger partial charge in [-0.2, -0.15) is 0 Å². The minimum atomic E-state index is -0.442. The molecule has 152 valence electrons. The molecule has 9 heteroatoms. The molecule has 0 aliphatic rings. The standard InChI is InChI=1S/C20H22N4O5/c1-27-15-8-12(9-16(28-2)19(15)29-3)20(26)22-11-18(25)21-10-17-23-13-6-4-5-7-14(13)24-17/h4-9H,10-11H2,1-3H3,(H,21,25)(H,22,26)(H,23,24). The van der Waals surface area contributed by atoms with E-state index in [0.29, 0.717) is 23.1 Å². The van der Waals surface area contributed by atoms with Crippen molar-refractivity contribution in [2.24, 2.45) is 0 Å². The number of amides is 2. The van der Waals surface area contributed by atoms with Crippen molar-refractivity contribution in [1.29, 1.82) is 0 Å². The third-order valence-electron chi connectivity index (χ3n) is 4.23. The molecule has 0 radical (unpaired) electrons. The van der Waals surface area contributed by atoms with Gasteiger partial charge in [-0.25, -0.2) is 4.98 Å². The number of hydrogen-bond donors (Lipinski definition) is 3. The van der Waals surface area contributed by atoms with E-state index in [1.54, 1.807) is 0 Å². The number of aromatic amines is 1. The van der Waals surface area contributed by atoms with Crippen LogP contribution in [-0.2, 0) is 11.3 Å². The van der Waals surface area contributed by atoms with Gasteiger partial charge in [-0.15, -0.1) is 0 Å². The monoisotopic (exact) mass is 398 g/mol. The quantitative estimate of drug-likeness (QED) is 0.531. The number of ether oxygens (including phenoxy) is 3. The summed E-state index contributed by atoms with van der Waals surface area (Å²) in [6.45, 7) is 0.0449. The Morgan fingerprint density at radius 3 is 2.31 bits per heavy atom. The van der Waals surface area contributed by atoms with E-state index < -0.39 is 5.91 Å². The molecule has 0 bridgehead atoms. The third kappa shape index (κ3) is 4.57. The topological polar surface area (TPSA) is 115 Å². The van der Waals surface area contributed by atoms with Crippen molar-refractivity contribution < 1.29 is 23.8 Å². The average Bonchev–Trinajstić information content (AvgIpc) is 3.17. The number of rotatable bonds is 8. The molecule has 2 amide bonds. The van der Waals surface area contributed by atoms with Gasteiger partial charge in [0, 0.05) is 5.56 Å². The maximum atomic E-state index is 12.4. The van der Waals surface area contributed by atoms with Crippen molar-refractivity contribution in [2.45, 2.75) is 6.54 Å². The second-order valence-corrected chi connectivity index (χ2v) is 6.07. The van der Waals surface area contributed by atoms with Gasteiger partial charge < -0.3 is 29.8 Å². The van der Waals surface area contributed by atoms with Crippen LogP contribution in [0.25, 0.3) is 11.0 Å². The molecule has 0 unspecified atom stereocenters. The lowest BCUT2D eigenvalue weighted by Gasteiger charge is -2.14. The van der Waals surface area contributed by atoms with Gasteiger partial charge in [-0.1, -0.05) is 12.1 Å². The van der Waals surface area contributed by atoms with Crippen LogP contribution in [0.1, 0.15) is 16.2 Å². The summed E-state index contributed by atoms with van der Waals surface area (Å²) >= 11 is 0. The number of H-pyrrole nitrogens is 1. The first-order valence-electron chi connectivity index (χ1n) is 8.84. The van der Waals surface area contributed by atoms with Gasteiger partial charge in [0.1, 0.15) is 5.82 Å². The average molecular weight is 398 g/mol. The van der Waals surface area contributed by atoms with Crippen LogP contribution in [0.15, 0.2) is 36.4 Å². The van der Waals surface area contributed by atoms with Crippen LogP contribution < -0.4 is 24.8 Å². The minimum Gasteiger partial charge on any atom is -0.493 e. The van der Waals surface area contributed by atoms with Crippen molar-refractivity contribution in [1.82, 2.24) is 20.6 Å². The van der Waals surface area contributed by atoms with Crippen LogP contribution in [0.4, 0.5) is 0 Å². The highest BCUT2D eigenvalue weighted by Gasteiger charge is 2.17. The molecule has 29 heavy (non-hydrogen) atoms. The first-order valence-corrected chi connectivity index (χ1v) is 8.84. The molecular formula is C20H22N4O5. The number of hydrogen-bond acceptors (Lipinski definition) is 6. The third-order valence-corrected chi connectivity index (χ3v) is 4.23. The molecule has 3 rings (SSSR count). The van der Waals surface area contributed by atoms with Crippen LogP contribution in [0.3, 0.4) is 0 Å². The lowest BCUT2D eigenvalue weighted by Crippen LogP contribution is -2.36. The number of fused-ring (bicyclic) bond motifs is 1. The molecule has 1 heterocycles. The summed E-state index contributed by atoms with van der Waals surface area (Å²) in [5.41, 5.74) is 2.00. The summed E-state index contributed by atoms with van der Waals surface area (Å²) < 4.78 is 15.7. The Hall–Kier alpha value is -3.75. The van der Waals surface area contributed by atoms with Crippen molar-refractivity contribution in [3.8, 4) is 17.2 Å². The van der Waals surface area contributed by atoms with Crippen LogP contribution >= 0.6 is 0 Å². The van der Waals surface area contributed by atoms with E-state index in [0.717, 1.165) is 11.0 Å². The largest absolute Gasteiger partial charge is 0.493 e. The summed E-state index contributed by atoms with van der Waals surface area (Å²) in [4.78, 5) is 32.0. The number of carbonyl (C=O) groups excluding carboxylic acids is 2. The molecule has 2 aromatic carbocycles. The van der Waals surface area contributed by atoms with Gasteiger partial charge in [0.25, 0.3) is 5.91 Å². The lowest BCUT2D eigenvalue weighted by atomic mass is 10.1. The fraction of sp³-hybridized carbons (Fsp3) is 0.250. The van der Waals surface area contributed by atoms with Gasteiger partial charge in [-0.3, -0.25) is 9.59 Å². The number of nitrogens with zero attached hydrogens (tertiary/aromatic N) is 1. The molecule has 0 aliphatic heterocycles. The highest BCUT2D eigenvalue weighted by molar-refractivity contribution is 5.97. The molecule has 1 aromatic heterocycles. The molecule has 3 N–H and O–H groups in total. The second kappa shape index (κ2) is 8.96. The Balaban J connectivity index is 1.57. The molecule has 0 aliphatic carbocycles. The first kappa shape index (κ1) is 20.0. The summed E-state index contributed by atoms with van der Waals surface area (Å²) in [7, 11) is 4.40. The molecule has 3 aromatic rings. The summed E-state index contributed by atoms with van der Waals surface area (Å²) in [6.07, 6.45) is 0. The number of methoxy groups -OCH3 is 3. The zero-order chi connectivity index (χ0) is 20.8. The minimum absolute atomic E-state index is 0.185. The highest BCUT2D eigenvalue weighted by Crippen LogP contribution is 2.38. The Labute approximate surface area is 167 Å². The number of carbonyl (C=O) groups is 2. The van der Waals surface area contributed by atoms with Gasteiger partial charge in [0.15, 0.2) is 11.5 Å². The van der Waals surface area contributed by atoms with E-state index in [1.807, 2.05) is 24.3 Å². The van der Waals surface area contributed by atoms with Crippen LogP contribution in [0.5, 0.6) is 17.2 Å². The molecule has 9 nitrogen and oxygen atoms in total. The number of imidazole rings is 1. The zero-order valence-corrected chi connectivity index (χ0v) is 16.4. The van der Waals surface area contributed by atoms with Crippen LogP contribution in [0.2, 0.25) is 0 Å². The Morgan fingerprint density at radius 2 is 1.69 bits per heavy atom. The zero-order valence-electron chi connectivity index (χ0n) is 16.4. The number of nitrogens with one attached hydrogen (secondary N) is 3. The van der Waals surface area contributed by atoms with E-state index in [2.05, 4.69) is 20.6 Å². The van der Waals surface area contributed by atoms with Crippen molar-refractivity contribution in [3.63, 3.8) is 0 Å². The van der Waals surface area contributed by atoms with Gasteiger partial charge in [-0.05, 0) is 24.3 Å². The first-order chi connectivity index (χ1) is 14.0. The number of para-hydroxylation sites is 2. The Kier molecular flexibility index (Phi) is 6.18. The highest BCUT2D eigenvalue weighted by atomic mass is 16.5. The van der Waals surface area contributed by atoms with Crippen molar-refractivity contribution in [2.75, 3.05) is 27.9 Å². The van der Waals surface area contributed by atoms with E-state index in [1.165, 1.54) is 33.5 Å². The maximum Gasteiger partial charge on any atom is 0.251 e. The van der Waals surface area contributed by atoms with E-state index in [4.69, 9.17) is 14.2 Å². The molecular weight excluding hydrogens is 376 g/mol. The predicted molar refractivity (Wildman–Crippen MR) is 106 cm³/mol. The van der Waals surface area contributed by atoms with E-state index in [-0.39, 0.29) is 24.6 Å². The predicted octanol–water partition coefficient (Wildman–Crippen LogP) is 1.63. The van der Waals surface area contributed by atoms with E-state index >= 15 is 0 Å². The lowest BCUT2D eigenvalue weighted by molar-refractivity contribution is -0.120. The summed E-state index contributed by atoms with van der Waals surface area (Å²) in [5, 5.41) is 5.28. The van der Waals surface area contributed by atoms with Crippen molar-refractivity contribution in [3.05, 3.63) is 47.8 Å². The Bertz CT molecular complexity index is 973. The van der Waals surface area contributed by atoms with Crippen LogP contribution in [-0.4, -0.2) is 49.7 Å². The summed E-state index contributed by atoms with van der Waals surface area (Å²) in [5.74, 6) is 0.942. The maximum absolute atomic E-state index is 12.4. The summed E-state index contributed by atoms with van der Waals surface area (Å²) in [6, 6.07) is 10.6.